The van der Waals surface area contributed by atoms with Crippen molar-refractivity contribution < 1.29 is 14.7 Å². The van der Waals surface area contributed by atoms with Gasteiger partial charge in [-0.3, -0.25) is 4.79 Å². The molecule has 0 heterocycles. The average Bonchev–Trinajstić information content (AvgIpc) is 2.10. The van der Waals surface area contributed by atoms with E-state index in [9.17, 15) is 9.59 Å². The number of alkyl halides is 1. The molecule has 4 nitrogen and oxygen atoms in total. The summed E-state index contributed by atoms with van der Waals surface area (Å²) in [6.07, 6.45) is 1.25. The van der Waals surface area contributed by atoms with Gasteiger partial charge in [0.25, 0.3) is 0 Å². The van der Waals surface area contributed by atoms with Gasteiger partial charge in [0.2, 0.25) is 5.91 Å². The summed E-state index contributed by atoms with van der Waals surface area (Å²) in [5.74, 6) is -0.839. The zero-order valence-electron chi connectivity index (χ0n) is 7.55. The zero-order chi connectivity index (χ0) is 10.3. The van der Waals surface area contributed by atoms with Gasteiger partial charge in [-0.15, -0.1) is 11.6 Å². The number of carbonyl (C=O) groups excluding carboxylic acids is 1. The first-order valence-electron chi connectivity index (χ1n) is 4.20. The van der Waals surface area contributed by atoms with E-state index in [2.05, 4.69) is 5.32 Å². The van der Waals surface area contributed by atoms with Crippen LogP contribution in [-0.2, 0) is 9.59 Å². The third-order valence-electron chi connectivity index (χ3n) is 1.58. The van der Waals surface area contributed by atoms with E-state index in [1.54, 1.807) is 6.92 Å². The molecular formula is C8H14ClNO3. The van der Waals surface area contributed by atoms with Gasteiger partial charge in [-0.1, -0.05) is 6.92 Å². The minimum atomic E-state index is -0.998. The van der Waals surface area contributed by atoms with Crippen LogP contribution in [0.4, 0.5) is 0 Å². The first-order chi connectivity index (χ1) is 6.11. The molecule has 0 rings (SSSR count). The molecule has 5 heteroatoms. The highest BCUT2D eigenvalue weighted by molar-refractivity contribution is 6.17. The van der Waals surface area contributed by atoms with E-state index < -0.39 is 12.0 Å². The molecular weight excluding hydrogens is 194 g/mol. The van der Waals surface area contributed by atoms with Gasteiger partial charge in [-0.2, -0.15) is 0 Å². The molecule has 0 saturated heterocycles. The molecule has 13 heavy (non-hydrogen) atoms. The molecule has 0 aromatic carbocycles. The largest absolute Gasteiger partial charge is 0.480 e. The van der Waals surface area contributed by atoms with Crippen molar-refractivity contribution in [2.24, 2.45) is 0 Å². The number of nitrogens with one attached hydrogen (secondary N) is 1. The highest BCUT2D eigenvalue weighted by atomic mass is 35.5. The van der Waals surface area contributed by atoms with Gasteiger partial charge in [0.05, 0.1) is 0 Å². The quantitative estimate of drug-likeness (QED) is 0.639. The van der Waals surface area contributed by atoms with Gasteiger partial charge in [-0.05, 0) is 12.8 Å². The summed E-state index contributed by atoms with van der Waals surface area (Å²) in [6, 6.07) is -0.775. The molecule has 0 aliphatic rings. The molecule has 0 saturated carbocycles. The summed E-state index contributed by atoms with van der Waals surface area (Å²) in [6.45, 7) is 1.71. The number of carbonyl (C=O) groups is 2. The monoisotopic (exact) mass is 207 g/mol. The van der Waals surface area contributed by atoms with Crippen molar-refractivity contribution in [1.29, 1.82) is 0 Å². The van der Waals surface area contributed by atoms with Crippen LogP contribution < -0.4 is 5.32 Å². The van der Waals surface area contributed by atoms with Crippen molar-refractivity contribution in [3.8, 4) is 0 Å². The zero-order valence-corrected chi connectivity index (χ0v) is 8.30. The molecule has 2 N–H and O–H groups in total. The van der Waals surface area contributed by atoms with Gasteiger partial charge in [-0.25, -0.2) is 4.79 Å². The SMILES string of the molecule is CC[C@@H](NC(=O)CCCCl)C(=O)O. The predicted molar refractivity (Wildman–Crippen MR) is 49.8 cm³/mol. The number of amides is 1. The van der Waals surface area contributed by atoms with Crippen LogP contribution in [0.2, 0.25) is 0 Å². The number of carboxylic acids is 1. The van der Waals surface area contributed by atoms with Crippen molar-refractivity contribution >= 4 is 23.5 Å². The van der Waals surface area contributed by atoms with Crippen LogP contribution in [0.25, 0.3) is 0 Å². The number of hydrogen-bond donors (Lipinski definition) is 2. The van der Waals surface area contributed by atoms with Crippen molar-refractivity contribution in [3.05, 3.63) is 0 Å². The Hall–Kier alpha value is -0.770. The maximum Gasteiger partial charge on any atom is 0.326 e. The Kier molecular flexibility index (Phi) is 6.32. The molecule has 0 bridgehead atoms. The lowest BCUT2D eigenvalue weighted by atomic mass is 10.2. The summed E-state index contributed by atoms with van der Waals surface area (Å²) < 4.78 is 0. The second-order valence-corrected chi connectivity index (χ2v) is 3.04. The fraction of sp³-hybridized carbons (Fsp3) is 0.750. The molecule has 0 aromatic rings. The lowest BCUT2D eigenvalue weighted by molar-refractivity contribution is -0.141. The highest BCUT2D eigenvalue weighted by Crippen LogP contribution is 1.95. The van der Waals surface area contributed by atoms with E-state index in [0.717, 1.165) is 0 Å². The van der Waals surface area contributed by atoms with Crippen molar-refractivity contribution in [3.63, 3.8) is 0 Å². The average molecular weight is 208 g/mol. The maximum absolute atomic E-state index is 11.0. The van der Waals surface area contributed by atoms with E-state index in [0.29, 0.717) is 18.7 Å². The molecule has 1 amide bonds. The van der Waals surface area contributed by atoms with Crippen LogP contribution in [-0.4, -0.2) is 28.9 Å². The third kappa shape index (κ3) is 5.47. The number of aliphatic carboxylic acids is 1. The van der Waals surface area contributed by atoms with Gasteiger partial charge in [0.1, 0.15) is 6.04 Å². The van der Waals surface area contributed by atoms with Crippen LogP contribution in [0.3, 0.4) is 0 Å². The van der Waals surface area contributed by atoms with E-state index >= 15 is 0 Å². The maximum atomic E-state index is 11.0. The van der Waals surface area contributed by atoms with Crippen LogP contribution in [0.1, 0.15) is 26.2 Å². The summed E-state index contributed by atoms with van der Waals surface area (Å²) >= 11 is 5.38. The van der Waals surface area contributed by atoms with Gasteiger partial charge in [0, 0.05) is 12.3 Å². The summed E-state index contributed by atoms with van der Waals surface area (Å²) in [4.78, 5) is 21.5. The molecule has 0 spiro atoms. The first kappa shape index (κ1) is 12.2. The minimum absolute atomic E-state index is 0.255. The Morgan fingerprint density at radius 3 is 2.54 bits per heavy atom. The van der Waals surface area contributed by atoms with Crippen molar-refractivity contribution in [2.75, 3.05) is 5.88 Å². The van der Waals surface area contributed by atoms with Crippen LogP contribution in [0, 0.1) is 0 Å². The number of rotatable bonds is 6. The Balaban J connectivity index is 3.80. The Morgan fingerprint density at radius 2 is 2.15 bits per heavy atom. The molecule has 0 aliphatic heterocycles. The topological polar surface area (TPSA) is 66.4 Å². The Labute approximate surface area is 82.3 Å². The van der Waals surface area contributed by atoms with Crippen molar-refractivity contribution in [1.82, 2.24) is 5.32 Å². The molecule has 0 unspecified atom stereocenters. The fourth-order valence-electron chi connectivity index (χ4n) is 0.832. The van der Waals surface area contributed by atoms with E-state index in [4.69, 9.17) is 16.7 Å². The lowest BCUT2D eigenvalue weighted by Gasteiger charge is -2.11. The standard InChI is InChI=1S/C8H14ClNO3/c1-2-6(8(12)13)10-7(11)4-3-5-9/h6H,2-5H2,1H3,(H,10,11)(H,12,13)/t6-/m1/s1. The molecule has 0 radical (unpaired) electrons. The Morgan fingerprint density at radius 1 is 1.54 bits per heavy atom. The fourth-order valence-corrected chi connectivity index (χ4v) is 0.966. The van der Waals surface area contributed by atoms with E-state index in [1.807, 2.05) is 0 Å². The van der Waals surface area contributed by atoms with E-state index in [1.165, 1.54) is 0 Å². The minimum Gasteiger partial charge on any atom is -0.480 e. The van der Waals surface area contributed by atoms with E-state index in [-0.39, 0.29) is 12.3 Å². The number of hydrogen-bond acceptors (Lipinski definition) is 2. The van der Waals surface area contributed by atoms with Crippen LogP contribution in [0.5, 0.6) is 0 Å². The highest BCUT2D eigenvalue weighted by Gasteiger charge is 2.16. The second kappa shape index (κ2) is 6.71. The van der Waals surface area contributed by atoms with Crippen LogP contribution >= 0.6 is 11.6 Å². The van der Waals surface area contributed by atoms with Gasteiger partial charge >= 0.3 is 5.97 Å². The first-order valence-corrected chi connectivity index (χ1v) is 4.73. The molecule has 76 valence electrons. The number of carboxylic acid groups (broad SMARTS) is 1. The third-order valence-corrected chi connectivity index (χ3v) is 1.85. The second-order valence-electron chi connectivity index (χ2n) is 2.66. The molecule has 0 fully saturated rings. The Bertz CT molecular complexity index is 184. The predicted octanol–water partition coefficient (Wildman–Crippen LogP) is 0.985. The summed E-state index contributed by atoms with van der Waals surface area (Å²) in [5.41, 5.74) is 0. The smallest absolute Gasteiger partial charge is 0.326 e. The van der Waals surface area contributed by atoms with Crippen LogP contribution in [0.15, 0.2) is 0 Å². The number of halogens is 1. The normalized spacial score (nSPS) is 12.2. The molecule has 0 aromatic heterocycles. The lowest BCUT2D eigenvalue weighted by Crippen LogP contribution is -2.40. The molecule has 0 aliphatic carbocycles. The summed E-state index contributed by atoms with van der Waals surface area (Å²) in [5, 5.41) is 11.0. The molecule has 1 atom stereocenters. The van der Waals surface area contributed by atoms with Crippen molar-refractivity contribution in [2.45, 2.75) is 32.2 Å². The van der Waals surface area contributed by atoms with Gasteiger partial charge < -0.3 is 10.4 Å². The summed E-state index contributed by atoms with van der Waals surface area (Å²) in [7, 11) is 0. The van der Waals surface area contributed by atoms with Gasteiger partial charge in [0.15, 0.2) is 0 Å².